The van der Waals surface area contributed by atoms with Gasteiger partial charge in [0, 0.05) is 17.8 Å². The van der Waals surface area contributed by atoms with E-state index in [0.29, 0.717) is 0 Å². The highest BCUT2D eigenvalue weighted by Crippen LogP contribution is 2.15. The fourth-order valence-electron chi connectivity index (χ4n) is 1.65. The van der Waals surface area contributed by atoms with Crippen molar-refractivity contribution in [2.45, 2.75) is 13.5 Å². The number of aryl methyl sites for hydroxylation is 1. The monoisotopic (exact) mass is 233 g/mol. The summed E-state index contributed by atoms with van der Waals surface area (Å²) in [6, 6.07) is 11.5. The third-order valence-electron chi connectivity index (χ3n) is 2.55. The lowest BCUT2D eigenvalue weighted by atomic mass is 10.2. The Labute approximate surface area is 99.1 Å². The highest BCUT2D eigenvalue weighted by atomic mass is 19.1. The number of hydrogen-bond donors (Lipinski definition) is 1. The van der Waals surface area contributed by atoms with Crippen molar-refractivity contribution in [3.05, 3.63) is 65.2 Å². The van der Waals surface area contributed by atoms with Crippen molar-refractivity contribution in [1.29, 1.82) is 0 Å². The summed E-state index contributed by atoms with van der Waals surface area (Å²) >= 11 is 0. The Morgan fingerprint density at radius 1 is 1.00 bits per heavy atom. The predicted octanol–water partition coefficient (Wildman–Crippen LogP) is 3.89. The lowest BCUT2D eigenvalue weighted by molar-refractivity contribution is 0.560. The zero-order chi connectivity index (χ0) is 12.3. The molecule has 0 amide bonds. The van der Waals surface area contributed by atoms with Crippen LogP contribution in [0.15, 0.2) is 42.5 Å². The maximum Gasteiger partial charge on any atom is 0.131 e. The van der Waals surface area contributed by atoms with Crippen LogP contribution in [0.1, 0.15) is 11.1 Å². The van der Waals surface area contributed by atoms with Gasteiger partial charge in [0.2, 0.25) is 0 Å². The summed E-state index contributed by atoms with van der Waals surface area (Å²) in [6.07, 6.45) is 0. The van der Waals surface area contributed by atoms with Crippen molar-refractivity contribution in [1.82, 2.24) is 0 Å². The van der Waals surface area contributed by atoms with Gasteiger partial charge in [-0.05, 0) is 36.8 Å². The number of hydrogen-bond acceptors (Lipinski definition) is 1. The van der Waals surface area contributed by atoms with E-state index in [1.807, 2.05) is 31.2 Å². The Hall–Kier alpha value is -1.90. The van der Waals surface area contributed by atoms with Crippen LogP contribution in [0.4, 0.5) is 14.5 Å². The minimum absolute atomic E-state index is 0.0639. The van der Waals surface area contributed by atoms with Gasteiger partial charge in [0.05, 0.1) is 0 Å². The minimum Gasteiger partial charge on any atom is -0.381 e. The normalized spacial score (nSPS) is 10.3. The van der Waals surface area contributed by atoms with Gasteiger partial charge >= 0.3 is 0 Å². The molecule has 0 saturated carbocycles. The van der Waals surface area contributed by atoms with Crippen molar-refractivity contribution in [3.63, 3.8) is 0 Å². The number of anilines is 1. The molecule has 3 heteroatoms. The third kappa shape index (κ3) is 2.81. The Kier molecular flexibility index (Phi) is 3.38. The van der Waals surface area contributed by atoms with E-state index in [-0.39, 0.29) is 12.1 Å². The fourth-order valence-corrected chi connectivity index (χ4v) is 1.65. The number of halogens is 2. The molecule has 0 aromatic heterocycles. The van der Waals surface area contributed by atoms with E-state index in [1.54, 1.807) is 0 Å². The molecule has 2 aromatic carbocycles. The molecular weight excluding hydrogens is 220 g/mol. The van der Waals surface area contributed by atoms with Crippen LogP contribution >= 0.6 is 0 Å². The molecule has 0 heterocycles. The Morgan fingerprint density at radius 3 is 2.29 bits per heavy atom. The predicted molar refractivity (Wildman–Crippen MR) is 64.9 cm³/mol. The Balaban J connectivity index is 2.13. The van der Waals surface area contributed by atoms with Crippen molar-refractivity contribution < 1.29 is 8.78 Å². The van der Waals surface area contributed by atoms with Gasteiger partial charge in [0.1, 0.15) is 11.6 Å². The number of nitrogens with one attached hydrogen (secondary N) is 1. The van der Waals surface area contributed by atoms with Gasteiger partial charge in [0.15, 0.2) is 0 Å². The first-order valence-corrected chi connectivity index (χ1v) is 5.40. The van der Waals surface area contributed by atoms with E-state index in [4.69, 9.17) is 0 Å². The van der Waals surface area contributed by atoms with Gasteiger partial charge in [0.25, 0.3) is 0 Å². The highest BCUT2D eigenvalue weighted by molar-refractivity contribution is 5.46. The Morgan fingerprint density at radius 2 is 1.65 bits per heavy atom. The molecule has 2 aromatic rings. The molecule has 0 atom stereocenters. The van der Waals surface area contributed by atoms with Crippen molar-refractivity contribution >= 4 is 5.69 Å². The molecule has 1 nitrogen and oxygen atoms in total. The SMILES string of the molecule is Cc1cccc(NCc2c(F)cccc2F)c1. The summed E-state index contributed by atoms with van der Waals surface area (Å²) in [7, 11) is 0. The van der Waals surface area contributed by atoms with E-state index >= 15 is 0 Å². The summed E-state index contributed by atoms with van der Waals surface area (Å²) in [5, 5.41) is 3.00. The first-order valence-electron chi connectivity index (χ1n) is 5.40. The van der Waals surface area contributed by atoms with Crippen molar-refractivity contribution in [3.8, 4) is 0 Å². The quantitative estimate of drug-likeness (QED) is 0.848. The van der Waals surface area contributed by atoms with Gasteiger partial charge in [-0.3, -0.25) is 0 Å². The molecule has 0 radical (unpaired) electrons. The molecule has 2 rings (SSSR count). The molecule has 0 saturated heterocycles. The summed E-state index contributed by atoms with van der Waals surface area (Å²) in [5.41, 5.74) is 2.02. The number of benzene rings is 2. The second-order valence-electron chi connectivity index (χ2n) is 3.92. The van der Waals surface area contributed by atoms with Gasteiger partial charge in [-0.2, -0.15) is 0 Å². The summed E-state index contributed by atoms with van der Waals surface area (Å²) in [5.74, 6) is -1.05. The standard InChI is InChI=1S/C14H13F2N/c1-10-4-2-5-11(8-10)17-9-12-13(15)6-3-7-14(12)16/h2-8,17H,9H2,1H3. The molecule has 0 aliphatic rings. The molecule has 0 fully saturated rings. The van der Waals surface area contributed by atoms with E-state index in [0.717, 1.165) is 11.3 Å². The second-order valence-corrected chi connectivity index (χ2v) is 3.92. The van der Waals surface area contributed by atoms with Crippen LogP contribution in [0.2, 0.25) is 0 Å². The molecule has 17 heavy (non-hydrogen) atoms. The zero-order valence-electron chi connectivity index (χ0n) is 9.50. The number of rotatable bonds is 3. The largest absolute Gasteiger partial charge is 0.381 e. The average Bonchev–Trinajstić information content (AvgIpc) is 2.28. The third-order valence-corrected chi connectivity index (χ3v) is 2.55. The summed E-state index contributed by atoms with van der Waals surface area (Å²) in [6.45, 7) is 2.11. The van der Waals surface area contributed by atoms with Crippen LogP contribution in [0.3, 0.4) is 0 Å². The summed E-state index contributed by atoms with van der Waals surface area (Å²) in [4.78, 5) is 0. The maximum absolute atomic E-state index is 13.4. The van der Waals surface area contributed by atoms with E-state index in [1.165, 1.54) is 18.2 Å². The maximum atomic E-state index is 13.4. The first kappa shape index (κ1) is 11.6. The van der Waals surface area contributed by atoms with Gasteiger partial charge in [-0.25, -0.2) is 8.78 Å². The second kappa shape index (κ2) is 4.95. The van der Waals surface area contributed by atoms with Crippen molar-refractivity contribution in [2.75, 3.05) is 5.32 Å². The summed E-state index contributed by atoms with van der Waals surface area (Å²) < 4.78 is 26.7. The van der Waals surface area contributed by atoms with Crippen LogP contribution < -0.4 is 5.32 Å². The zero-order valence-corrected chi connectivity index (χ0v) is 9.50. The molecule has 88 valence electrons. The van der Waals surface area contributed by atoms with Crippen LogP contribution in [-0.4, -0.2) is 0 Å². The fraction of sp³-hybridized carbons (Fsp3) is 0.143. The van der Waals surface area contributed by atoms with Gasteiger partial charge < -0.3 is 5.32 Å². The lowest BCUT2D eigenvalue weighted by Crippen LogP contribution is -2.04. The van der Waals surface area contributed by atoms with E-state index in [2.05, 4.69) is 5.32 Å². The van der Waals surface area contributed by atoms with Crippen molar-refractivity contribution in [2.24, 2.45) is 0 Å². The van der Waals surface area contributed by atoms with Crippen LogP contribution in [-0.2, 0) is 6.54 Å². The average molecular weight is 233 g/mol. The van der Waals surface area contributed by atoms with E-state index < -0.39 is 11.6 Å². The lowest BCUT2D eigenvalue weighted by Gasteiger charge is -2.08. The molecule has 0 aliphatic carbocycles. The van der Waals surface area contributed by atoms with Gasteiger partial charge in [-0.15, -0.1) is 0 Å². The first-order chi connectivity index (χ1) is 8.16. The van der Waals surface area contributed by atoms with E-state index in [9.17, 15) is 8.78 Å². The smallest absolute Gasteiger partial charge is 0.131 e. The molecule has 0 bridgehead atoms. The molecular formula is C14H13F2N. The Bertz CT molecular complexity index is 503. The van der Waals surface area contributed by atoms with Crippen LogP contribution in [0.25, 0.3) is 0 Å². The van der Waals surface area contributed by atoms with Crippen LogP contribution in [0.5, 0.6) is 0 Å². The topological polar surface area (TPSA) is 12.0 Å². The minimum atomic E-state index is -0.523. The molecule has 0 spiro atoms. The molecule has 0 unspecified atom stereocenters. The van der Waals surface area contributed by atoms with Gasteiger partial charge in [-0.1, -0.05) is 18.2 Å². The molecule has 0 aliphatic heterocycles. The highest BCUT2D eigenvalue weighted by Gasteiger charge is 2.07. The van der Waals surface area contributed by atoms with Crippen LogP contribution in [0, 0.1) is 18.6 Å². The molecule has 1 N–H and O–H groups in total.